The third kappa shape index (κ3) is 3.62. The zero-order chi connectivity index (χ0) is 17.2. The molecule has 3 atom stereocenters. The normalized spacial score (nSPS) is 24.2. The summed E-state index contributed by atoms with van der Waals surface area (Å²) in [6, 6.07) is 14.9. The molecule has 128 valence electrons. The van der Waals surface area contributed by atoms with Gasteiger partial charge in [0.1, 0.15) is 0 Å². The monoisotopic (exact) mass is 336 g/mol. The number of halogens is 3. The minimum absolute atomic E-state index is 0.00907. The highest BCUT2D eigenvalue weighted by atomic mass is 19.4. The molecule has 0 aromatic heterocycles. The summed E-state index contributed by atoms with van der Waals surface area (Å²) >= 11 is 0. The first kappa shape index (κ1) is 17.0. The molecular formula is C19H19F3O2. The Morgan fingerprint density at radius 3 is 2.25 bits per heavy atom. The molecule has 1 heterocycles. The maximum Gasteiger partial charge on any atom is 0.416 e. The fourth-order valence-electron chi connectivity index (χ4n) is 3.30. The quantitative estimate of drug-likeness (QED) is 0.905. The van der Waals surface area contributed by atoms with E-state index in [1.54, 1.807) is 0 Å². The van der Waals surface area contributed by atoms with Gasteiger partial charge in [-0.25, -0.2) is 0 Å². The number of benzene rings is 2. The van der Waals surface area contributed by atoms with Crippen molar-refractivity contribution in [1.82, 2.24) is 0 Å². The van der Waals surface area contributed by atoms with Crippen LogP contribution in [0.3, 0.4) is 0 Å². The van der Waals surface area contributed by atoms with Gasteiger partial charge in [0.2, 0.25) is 0 Å². The molecule has 2 aromatic rings. The first-order valence-electron chi connectivity index (χ1n) is 7.92. The van der Waals surface area contributed by atoms with Gasteiger partial charge in [-0.2, -0.15) is 13.2 Å². The summed E-state index contributed by atoms with van der Waals surface area (Å²) in [5.74, 6) is 0.0200. The number of aliphatic hydroxyl groups excluding tert-OH is 1. The summed E-state index contributed by atoms with van der Waals surface area (Å²) in [6.45, 7) is 0.483. The van der Waals surface area contributed by atoms with Gasteiger partial charge in [-0.1, -0.05) is 42.5 Å². The summed E-state index contributed by atoms with van der Waals surface area (Å²) in [7, 11) is 0. The van der Waals surface area contributed by atoms with E-state index in [0.717, 1.165) is 23.3 Å². The number of hydrogen-bond acceptors (Lipinski definition) is 2. The molecule has 2 aromatic carbocycles. The van der Waals surface area contributed by atoms with E-state index >= 15 is 0 Å². The average Bonchev–Trinajstić information content (AvgIpc) is 2.98. The third-order valence-corrected chi connectivity index (χ3v) is 4.60. The molecule has 24 heavy (non-hydrogen) atoms. The predicted octanol–water partition coefficient (Wildman–Crippen LogP) is 4.24. The first-order chi connectivity index (χ1) is 11.5. The summed E-state index contributed by atoms with van der Waals surface area (Å²) in [5.41, 5.74) is 1.20. The summed E-state index contributed by atoms with van der Waals surface area (Å²) < 4.78 is 43.7. The van der Waals surface area contributed by atoms with Crippen LogP contribution in [0.1, 0.15) is 22.8 Å². The Bertz CT molecular complexity index is 653. The molecule has 1 N–H and O–H groups in total. The Hall–Kier alpha value is -1.85. The van der Waals surface area contributed by atoms with Crippen molar-refractivity contribution in [2.45, 2.75) is 18.7 Å². The minimum atomic E-state index is -4.32. The van der Waals surface area contributed by atoms with E-state index in [0.29, 0.717) is 13.0 Å². The van der Waals surface area contributed by atoms with Crippen molar-refractivity contribution >= 4 is 0 Å². The van der Waals surface area contributed by atoms with Crippen LogP contribution >= 0.6 is 0 Å². The Balaban J connectivity index is 1.71. The lowest BCUT2D eigenvalue weighted by Crippen LogP contribution is -2.21. The van der Waals surface area contributed by atoms with Crippen LogP contribution in [-0.2, 0) is 17.3 Å². The average molecular weight is 336 g/mol. The lowest BCUT2D eigenvalue weighted by molar-refractivity contribution is -0.137. The van der Waals surface area contributed by atoms with Crippen LogP contribution in [0.2, 0.25) is 0 Å². The summed E-state index contributed by atoms with van der Waals surface area (Å²) in [4.78, 5) is 0. The van der Waals surface area contributed by atoms with Gasteiger partial charge < -0.3 is 9.84 Å². The Kier molecular flexibility index (Phi) is 4.92. The van der Waals surface area contributed by atoms with Gasteiger partial charge >= 0.3 is 6.18 Å². The van der Waals surface area contributed by atoms with Crippen LogP contribution in [0.5, 0.6) is 0 Å². The SMILES string of the molecule is OC[C@@H]1C(c2ccccc2)OC[C@@H]1Cc1ccc(C(F)(F)F)cc1. The lowest BCUT2D eigenvalue weighted by atomic mass is 9.84. The van der Waals surface area contributed by atoms with E-state index in [2.05, 4.69) is 0 Å². The van der Waals surface area contributed by atoms with Gasteiger partial charge in [-0.15, -0.1) is 0 Å². The molecule has 0 aliphatic carbocycles. The van der Waals surface area contributed by atoms with E-state index in [1.165, 1.54) is 12.1 Å². The minimum Gasteiger partial charge on any atom is -0.396 e. The van der Waals surface area contributed by atoms with Crippen molar-refractivity contribution in [2.75, 3.05) is 13.2 Å². The number of alkyl halides is 3. The van der Waals surface area contributed by atoms with Crippen LogP contribution in [0.4, 0.5) is 13.2 Å². The summed E-state index contributed by atoms with van der Waals surface area (Å²) in [6.07, 6.45) is -3.90. The van der Waals surface area contributed by atoms with E-state index in [4.69, 9.17) is 4.74 Å². The maximum atomic E-state index is 12.6. The molecule has 0 bridgehead atoms. The van der Waals surface area contributed by atoms with E-state index in [1.807, 2.05) is 30.3 Å². The van der Waals surface area contributed by atoms with Crippen molar-refractivity contribution in [1.29, 1.82) is 0 Å². The van der Waals surface area contributed by atoms with Gasteiger partial charge in [0, 0.05) is 12.5 Å². The molecule has 3 rings (SSSR count). The van der Waals surface area contributed by atoms with Gasteiger partial charge in [-0.05, 0) is 35.6 Å². The molecule has 1 aliphatic rings. The van der Waals surface area contributed by atoms with Crippen molar-refractivity contribution < 1.29 is 23.0 Å². The molecule has 2 nitrogen and oxygen atoms in total. The van der Waals surface area contributed by atoms with Crippen molar-refractivity contribution in [3.63, 3.8) is 0 Å². The molecule has 0 amide bonds. The topological polar surface area (TPSA) is 29.5 Å². The van der Waals surface area contributed by atoms with Crippen LogP contribution < -0.4 is 0 Å². The molecule has 1 fully saturated rings. The maximum absolute atomic E-state index is 12.6. The Labute approximate surface area is 138 Å². The lowest BCUT2D eigenvalue weighted by Gasteiger charge is -2.21. The van der Waals surface area contributed by atoms with Crippen LogP contribution in [0, 0.1) is 11.8 Å². The summed E-state index contributed by atoms with van der Waals surface area (Å²) in [5, 5.41) is 9.77. The highest BCUT2D eigenvalue weighted by Crippen LogP contribution is 2.39. The van der Waals surface area contributed by atoms with Gasteiger partial charge in [-0.3, -0.25) is 0 Å². The van der Waals surface area contributed by atoms with Crippen LogP contribution in [0.25, 0.3) is 0 Å². The Morgan fingerprint density at radius 2 is 1.67 bits per heavy atom. The number of rotatable bonds is 4. The fourth-order valence-corrected chi connectivity index (χ4v) is 3.30. The van der Waals surface area contributed by atoms with Crippen LogP contribution in [0.15, 0.2) is 54.6 Å². The second kappa shape index (κ2) is 6.95. The molecule has 0 radical (unpaired) electrons. The van der Waals surface area contributed by atoms with Gasteiger partial charge in [0.15, 0.2) is 0 Å². The van der Waals surface area contributed by atoms with E-state index in [9.17, 15) is 18.3 Å². The molecule has 0 spiro atoms. The van der Waals surface area contributed by atoms with Gasteiger partial charge in [0.25, 0.3) is 0 Å². The molecular weight excluding hydrogens is 317 g/mol. The molecule has 1 unspecified atom stereocenters. The van der Waals surface area contributed by atoms with Gasteiger partial charge in [0.05, 0.1) is 18.3 Å². The van der Waals surface area contributed by atoms with Crippen molar-refractivity contribution in [3.8, 4) is 0 Å². The number of ether oxygens (including phenoxy) is 1. The smallest absolute Gasteiger partial charge is 0.396 e. The first-order valence-corrected chi connectivity index (χ1v) is 7.92. The standard InChI is InChI=1S/C19H19F3O2/c20-19(21,22)16-8-6-13(7-9-16)10-15-12-24-18(17(15)11-23)14-4-2-1-3-5-14/h1-9,15,17-18,23H,10-12H2/t15-,17-,18?/m0/s1. The van der Waals surface area contributed by atoms with Crippen molar-refractivity contribution in [2.24, 2.45) is 11.8 Å². The second-order valence-corrected chi connectivity index (χ2v) is 6.17. The molecule has 5 heteroatoms. The number of aliphatic hydroxyl groups is 1. The fraction of sp³-hybridized carbons (Fsp3) is 0.368. The number of hydrogen-bond donors (Lipinski definition) is 1. The van der Waals surface area contributed by atoms with Crippen molar-refractivity contribution in [3.05, 3.63) is 71.3 Å². The van der Waals surface area contributed by atoms with E-state index < -0.39 is 11.7 Å². The third-order valence-electron chi connectivity index (χ3n) is 4.60. The highest BCUT2D eigenvalue weighted by Gasteiger charge is 2.37. The zero-order valence-corrected chi connectivity index (χ0v) is 13.0. The molecule has 1 saturated heterocycles. The second-order valence-electron chi connectivity index (χ2n) is 6.17. The molecule has 0 saturated carbocycles. The van der Waals surface area contributed by atoms with E-state index in [-0.39, 0.29) is 24.5 Å². The predicted molar refractivity (Wildman–Crippen MR) is 84.3 cm³/mol. The zero-order valence-electron chi connectivity index (χ0n) is 13.0. The largest absolute Gasteiger partial charge is 0.416 e. The van der Waals surface area contributed by atoms with Crippen LogP contribution in [-0.4, -0.2) is 18.3 Å². The molecule has 1 aliphatic heterocycles. The Morgan fingerprint density at radius 1 is 1.00 bits per heavy atom. The highest BCUT2D eigenvalue weighted by molar-refractivity contribution is 5.26.